The Bertz CT molecular complexity index is 519. The molecule has 2 rings (SSSR count). The van der Waals surface area contributed by atoms with Gasteiger partial charge in [0, 0.05) is 25.6 Å². The predicted molar refractivity (Wildman–Crippen MR) is 90.4 cm³/mol. The van der Waals surface area contributed by atoms with Crippen molar-refractivity contribution in [2.75, 3.05) is 20.1 Å². The molecular weight excluding hydrogens is 256 g/mol. The zero-order chi connectivity index (χ0) is 15.1. The molecule has 0 aliphatic carbocycles. The SMILES string of the molecule is CCc1ccc(CN(C)CC(CN)c2ccccc2)cc1. The van der Waals surface area contributed by atoms with Gasteiger partial charge in [0.05, 0.1) is 0 Å². The molecule has 0 amide bonds. The minimum Gasteiger partial charge on any atom is -0.330 e. The third-order valence-corrected chi connectivity index (χ3v) is 3.97. The van der Waals surface area contributed by atoms with Crippen molar-refractivity contribution in [1.82, 2.24) is 4.90 Å². The number of nitrogens with two attached hydrogens (primary N) is 1. The van der Waals surface area contributed by atoms with E-state index in [9.17, 15) is 0 Å². The van der Waals surface area contributed by atoms with Crippen molar-refractivity contribution in [3.63, 3.8) is 0 Å². The van der Waals surface area contributed by atoms with Crippen LogP contribution in [0, 0.1) is 0 Å². The van der Waals surface area contributed by atoms with E-state index in [0.717, 1.165) is 19.5 Å². The Morgan fingerprint density at radius 2 is 1.57 bits per heavy atom. The van der Waals surface area contributed by atoms with Gasteiger partial charge in [-0.25, -0.2) is 0 Å². The van der Waals surface area contributed by atoms with Crippen molar-refractivity contribution < 1.29 is 0 Å². The number of hydrogen-bond donors (Lipinski definition) is 1. The van der Waals surface area contributed by atoms with Crippen LogP contribution in [0.25, 0.3) is 0 Å². The molecule has 0 heterocycles. The van der Waals surface area contributed by atoms with Crippen molar-refractivity contribution >= 4 is 0 Å². The fourth-order valence-electron chi connectivity index (χ4n) is 2.67. The molecule has 0 aromatic heterocycles. The average molecular weight is 282 g/mol. The van der Waals surface area contributed by atoms with E-state index >= 15 is 0 Å². The van der Waals surface area contributed by atoms with E-state index in [1.165, 1.54) is 16.7 Å². The Balaban J connectivity index is 1.94. The highest BCUT2D eigenvalue weighted by molar-refractivity contribution is 5.23. The van der Waals surface area contributed by atoms with Gasteiger partial charge in [-0.1, -0.05) is 61.5 Å². The van der Waals surface area contributed by atoms with Crippen LogP contribution in [-0.4, -0.2) is 25.0 Å². The number of aryl methyl sites for hydroxylation is 1. The highest BCUT2D eigenvalue weighted by Crippen LogP contribution is 2.16. The monoisotopic (exact) mass is 282 g/mol. The minimum atomic E-state index is 0.395. The summed E-state index contributed by atoms with van der Waals surface area (Å²) in [6, 6.07) is 19.5. The summed E-state index contributed by atoms with van der Waals surface area (Å²) in [6.45, 7) is 4.82. The summed E-state index contributed by atoms with van der Waals surface area (Å²) in [7, 11) is 2.17. The van der Waals surface area contributed by atoms with Gasteiger partial charge in [0.15, 0.2) is 0 Å². The van der Waals surface area contributed by atoms with Crippen molar-refractivity contribution in [2.45, 2.75) is 25.8 Å². The van der Waals surface area contributed by atoms with Crippen LogP contribution in [0.3, 0.4) is 0 Å². The van der Waals surface area contributed by atoms with Gasteiger partial charge in [-0.2, -0.15) is 0 Å². The highest BCUT2D eigenvalue weighted by atomic mass is 15.1. The Labute approximate surface area is 128 Å². The molecule has 2 nitrogen and oxygen atoms in total. The van der Waals surface area contributed by atoms with Crippen molar-refractivity contribution in [3.8, 4) is 0 Å². The van der Waals surface area contributed by atoms with E-state index in [-0.39, 0.29) is 0 Å². The molecule has 21 heavy (non-hydrogen) atoms. The van der Waals surface area contributed by atoms with Gasteiger partial charge >= 0.3 is 0 Å². The molecule has 1 unspecified atom stereocenters. The Kier molecular flexibility index (Phi) is 5.97. The molecule has 1 atom stereocenters. The van der Waals surface area contributed by atoms with E-state index in [0.29, 0.717) is 12.5 Å². The lowest BCUT2D eigenvalue weighted by molar-refractivity contribution is 0.305. The molecule has 0 radical (unpaired) electrons. The van der Waals surface area contributed by atoms with Crippen molar-refractivity contribution in [2.24, 2.45) is 5.73 Å². The number of hydrogen-bond acceptors (Lipinski definition) is 2. The quantitative estimate of drug-likeness (QED) is 0.843. The van der Waals surface area contributed by atoms with Crippen LogP contribution in [0.2, 0.25) is 0 Å². The zero-order valence-electron chi connectivity index (χ0n) is 13.1. The molecule has 0 spiro atoms. The summed E-state index contributed by atoms with van der Waals surface area (Å²) in [5, 5.41) is 0. The van der Waals surface area contributed by atoms with Gasteiger partial charge in [0.25, 0.3) is 0 Å². The van der Waals surface area contributed by atoms with Gasteiger partial charge in [0.2, 0.25) is 0 Å². The maximum absolute atomic E-state index is 5.96. The van der Waals surface area contributed by atoms with Crippen LogP contribution in [-0.2, 0) is 13.0 Å². The Morgan fingerprint density at radius 1 is 0.952 bits per heavy atom. The fourth-order valence-corrected chi connectivity index (χ4v) is 2.67. The molecule has 0 fully saturated rings. The topological polar surface area (TPSA) is 29.3 Å². The van der Waals surface area contributed by atoms with E-state index in [1.54, 1.807) is 0 Å². The summed E-state index contributed by atoms with van der Waals surface area (Å²) >= 11 is 0. The molecule has 2 N–H and O–H groups in total. The second-order valence-corrected chi connectivity index (χ2v) is 5.71. The average Bonchev–Trinajstić information content (AvgIpc) is 2.54. The lowest BCUT2D eigenvalue weighted by Crippen LogP contribution is -2.28. The molecule has 2 aromatic carbocycles. The maximum Gasteiger partial charge on any atom is 0.0230 e. The standard InChI is InChI=1S/C19H26N2/c1-3-16-9-11-17(12-10-16)14-21(2)15-19(13-20)18-7-5-4-6-8-18/h4-12,19H,3,13-15,20H2,1-2H3. The number of benzene rings is 2. The highest BCUT2D eigenvalue weighted by Gasteiger charge is 2.12. The molecule has 112 valence electrons. The van der Waals surface area contributed by atoms with Gasteiger partial charge < -0.3 is 10.6 Å². The predicted octanol–water partition coefficient (Wildman–Crippen LogP) is 3.42. The molecule has 2 heteroatoms. The zero-order valence-corrected chi connectivity index (χ0v) is 13.1. The molecule has 0 aliphatic heterocycles. The maximum atomic E-state index is 5.96. The fraction of sp³-hybridized carbons (Fsp3) is 0.368. The van der Waals surface area contributed by atoms with E-state index in [2.05, 4.69) is 73.5 Å². The van der Waals surface area contributed by atoms with Crippen molar-refractivity contribution in [1.29, 1.82) is 0 Å². The summed E-state index contributed by atoms with van der Waals surface area (Å²) in [4.78, 5) is 2.35. The smallest absolute Gasteiger partial charge is 0.0230 e. The molecular formula is C19H26N2. The van der Waals surface area contributed by atoms with Crippen LogP contribution in [0.1, 0.15) is 29.5 Å². The molecule has 0 aliphatic rings. The van der Waals surface area contributed by atoms with E-state index < -0.39 is 0 Å². The molecule has 0 bridgehead atoms. The first-order valence-electron chi connectivity index (χ1n) is 7.74. The summed E-state index contributed by atoms with van der Waals surface area (Å²) in [5.74, 6) is 0.395. The van der Waals surface area contributed by atoms with Gasteiger partial charge in [0.1, 0.15) is 0 Å². The summed E-state index contributed by atoms with van der Waals surface area (Å²) in [5.41, 5.74) is 10.0. The van der Waals surface area contributed by atoms with Crippen LogP contribution >= 0.6 is 0 Å². The van der Waals surface area contributed by atoms with Crippen molar-refractivity contribution in [3.05, 3.63) is 71.3 Å². The third-order valence-electron chi connectivity index (χ3n) is 3.97. The molecule has 2 aromatic rings. The normalized spacial score (nSPS) is 12.6. The van der Waals surface area contributed by atoms with Crippen LogP contribution in [0.4, 0.5) is 0 Å². The van der Waals surface area contributed by atoms with E-state index in [1.807, 2.05) is 0 Å². The van der Waals surface area contributed by atoms with Gasteiger partial charge in [-0.05, 0) is 30.2 Å². The lowest BCUT2D eigenvalue weighted by Gasteiger charge is -2.23. The largest absolute Gasteiger partial charge is 0.330 e. The number of rotatable bonds is 7. The second kappa shape index (κ2) is 7.96. The summed E-state index contributed by atoms with van der Waals surface area (Å²) in [6.07, 6.45) is 1.10. The first-order valence-corrected chi connectivity index (χ1v) is 7.74. The minimum absolute atomic E-state index is 0.395. The number of likely N-dealkylation sites (N-methyl/N-ethyl adjacent to an activating group) is 1. The van der Waals surface area contributed by atoms with Gasteiger partial charge in [-0.3, -0.25) is 0 Å². The molecule has 0 saturated heterocycles. The van der Waals surface area contributed by atoms with E-state index in [4.69, 9.17) is 5.73 Å². The second-order valence-electron chi connectivity index (χ2n) is 5.71. The van der Waals surface area contributed by atoms with Crippen LogP contribution in [0.15, 0.2) is 54.6 Å². The Morgan fingerprint density at radius 3 is 2.14 bits per heavy atom. The van der Waals surface area contributed by atoms with Crippen LogP contribution < -0.4 is 5.73 Å². The lowest BCUT2D eigenvalue weighted by atomic mass is 9.98. The third kappa shape index (κ3) is 4.69. The summed E-state index contributed by atoms with van der Waals surface area (Å²) < 4.78 is 0. The first-order chi connectivity index (χ1) is 10.2. The van der Waals surface area contributed by atoms with Gasteiger partial charge in [-0.15, -0.1) is 0 Å². The number of nitrogens with zero attached hydrogens (tertiary/aromatic N) is 1. The van der Waals surface area contributed by atoms with Crippen LogP contribution in [0.5, 0.6) is 0 Å². The first kappa shape index (κ1) is 15.7. The molecule has 0 saturated carbocycles. The Hall–Kier alpha value is -1.64.